The Morgan fingerprint density at radius 2 is 1.38 bits per heavy atom. The molecule has 4 aromatic rings. The Balaban J connectivity index is 1.50. The van der Waals surface area contributed by atoms with Crippen molar-refractivity contribution in [1.82, 2.24) is 0 Å². The monoisotopic (exact) mass is 339 g/mol. The van der Waals surface area contributed by atoms with Crippen molar-refractivity contribution in [1.29, 1.82) is 0 Å². The summed E-state index contributed by atoms with van der Waals surface area (Å²) in [6, 6.07) is 30.6. The topological polar surface area (TPSA) is 38.3 Å². The molecule has 0 aliphatic carbocycles. The van der Waals surface area contributed by atoms with Crippen LogP contribution in [0.15, 0.2) is 97.1 Å². The molecule has 126 valence electrons. The van der Waals surface area contributed by atoms with Gasteiger partial charge in [-0.1, -0.05) is 54.6 Å². The molecule has 0 bridgehead atoms. The van der Waals surface area contributed by atoms with E-state index in [4.69, 9.17) is 4.74 Å². The molecule has 0 atom stereocenters. The molecule has 1 amide bonds. The minimum Gasteiger partial charge on any atom is -0.457 e. The van der Waals surface area contributed by atoms with Crippen LogP contribution in [0.4, 0.5) is 5.69 Å². The van der Waals surface area contributed by atoms with E-state index in [0.717, 1.165) is 28.0 Å². The van der Waals surface area contributed by atoms with Gasteiger partial charge in [0.25, 0.3) is 5.91 Å². The summed E-state index contributed by atoms with van der Waals surface area (Å²) < 4.78 is 6.02. The Kier molecular flexibility index (Phi) is 4.35. The quantitative estimate of drug-likeness (QED) is 0.504. The molecule has 3 nitrogen and oxygen atoms in total. The molecular weight excluding hydrogens is 322 g/mol. The van der Waals surface area contributed by atoms with Crippen molar-refractivity contribution >= 4 is 22.4 Å². The number of hydrogen-bond donors (Lipinski definition) is 1. The molecule has 0 aliphatic heterocycles. The van der Waals surface area contributed by atoms with Crippen LogP contribution in [0.5, 0.6) is 11.5 Å². The third kappa shape index (κ3) is 3.42. The summed E-state index contributed by atoms with van der Waals surface area (Å²) in [5.74, 6) is 1.40. The molecule has 26 heavy (non-hydrogen) atoms. The van der Waals surface area contributed by atoms with Crippen molar-refractivity contribution in [3.05, 3.63) is 103 Å². The highest BCUT2D eigenvalue weighted by Crippen LogP contribution is 2.30. The summed E-state index contributed by atoms with van der Waals surface area (Å²) in [5.41, 5.74) is 1.35. The third-order valence-corrected chi connectivity index (χ3v) is 4.13. The van der Waals surface area contributed by atoms with Crippen LogP contribution in [0, 0.1) is 0 Å². The molecule has 0 fully saturated rings. The van der Waals surface area contributed by atoms with E-state index in [9.17, 15) is 4.79 Å². The van der Waals surface area contributed by atoms with Crippen molar-refractivity contribution in [3.8, 4) is 11.5 Å². The average Bonchev–Trinajstić information content (AvgIpc) is 2.70. The van der Waals surface area contributed by atoms with Gasteiger partial charge in [0, 0.05) is 16.6 Å². The summed E-state index contributed by atoms with van der Waals surface area (Å²) in [6.45, 7) is 0. The van der Waals surface area contributed by atoms with Crippen LogP contribution in [0.3, 0.4) is 0 Å². The minimum atomic E-state index is -0.131. The van der Waals surface area contributed by atoms with Crippen LogP contribution in [0.1, 0.15) is 10.4 Å². The van der Waals surface area contributed by atoms with Gasteiger partial charge in [-0.3, -0.25) is 4.79 Å². The number of rotatable bonds is 4. The van der Waals surface area contributed by atoms with Gasteiger partial charge in [-0.05, 0) is 47.9 Å². The van der Waals surface area contributed by atoms with Gasteiger partial charge in [-0.25, -0.2) is 0 Å². The van der Waals surface area contributed by atoms with Crippen molar-refractivity contribution in [2.24, 2.45) is 0 Å². The fourth-order valence-electron chi connectivity index (χ4n) is 2.81. The summed E-state index contributed by atoms with van der Waals surface area (Å²) in [4.78, 5) is 12.2. The minimum absolute atomic E-state index is 0.131. The number of carbonyl (C=O) groups is 1. The lowest BCUT2D eigenvalue weighted by molar-refractivity contribution is 0.102. The summed E-state index contributed by atoms with van der Waals surface area (Å²) in [5, 5.41) is 5.09. The van der Waals surface area contributed by atoms with Gasteiger partial charge >= 0.3 is 0 Å². The zero-order chi connectivity index (χ0) is 17.8. The number of fused-ring (bicyclic) bond motifs is 1. The maximum atomic E-state index is 12.2. The first-order valence-electron chi connectivity index (χ1n) is 8.42. The van der Waals surface area contributed by atoms with E-state index < -0.39 is 0 Å². The van der Waals surface area contributed by atoms with E-state index >= 15 is 0 Å². The number of carbonyl (C=O) groups excluding carboxylic acids is 1. The van der Waals surface area contributed by atoms with E-state index in [-0.39, 0.29) is 5.91 Å². The van der Waals surface area contributed by atoms with E-state index in [1.165, 1.54) is 0 Å². The Bertz CT molecular complexity index is 1040. The van der Waals surface area contributed by atoms with Crippen LogP contribution in [0.2, 0.25) is 0 Å². The molecule has 0 unspecified atom stereocenters. The molecule has 1 N–H and O–H groups in total. The third-order valence-electron chi connectivity index (χ3n) is 4.13. The second kappa shape index (κ2) is 7.11. The fraction of sp³-hybridized carbons (Fsp3) is 0. The lowest BCUT2D eigenvalue weighted by atomic mass is 10.1. The molecule has 0 radical (unpaired) electrons. The van der Waals surface area contributed by atoms with E-state index in [0.29, 0.717) is 5.56 Å². The van der Waals surface area contributed by atoms with Gasteiger partial charge in [-0.15, -0.1) is 0 Å². The molecule has 0 aromatic heterocycles. The lowest BCUT2D eigenvalue weighted by Gasteiger charge is -2.10. The van der Waals surface area contributed by atoms with Crippen LogP contribution in [0.25, 0.3) is 10.8 Å². The van der Waals surface area contributed by atoms with E-state index in [1.54, 1.807) is 12.1 Å². The second-order valence-corrected chi connectivity index (χ2v) is 5.92. The summed E-state index contributed by atoms with van der Waals surface area (Å²) in [6.07, 6.45) is 0. The number of anilines is 1. The van der Waals surface area contributed by atoms with E-state index in [2.05, 4.69) is 17.4 Å². The Hall–Kier alpha value is -3.59. The van der Waals surface area contributed by atoms with Gasteiger partial charge < -0.3 is 10.1 Å². The molecule has 3 heteroatoms. The Morgan fingerprint density at radius 3 is 2.19 bits per heavy atom. The number of nitrogens with one attached hydrogen (secondary N) is 1. The Labute approximate surface area is 151 Å². The summed E-state index contributed by atoms with van der Waals surface area (Å²) in [7, 11) is 0. The summed E-state index contributed by atoms with van der Waals surface area (Å²) >= 11 is 0. The average molecular weight is 339 g/mol. The molecule has 0 saturated heterocycles. The molecular formula is C23H17NO2. The Morgan fingerprint density at radius 1 is 0.692 bits per heavy atom. The molecule has 0 aliphatic rings. The highest BCUT2D eigenvalue weighted by molar-refractivity contribution is 6.04. The maximum Gasteiger partial charge on any atom is 0.255 e. The van der Waals surface area contributed by atoms with Crippen molar-refractivity contribution < 1.29 is 9.53 Å². The predicted molar refractivity (Wildman–Crippen MR) is 105 cm³/mol. The van der Waals surface area contributed by atoms with Gasteiger partial charge in [0.05, 0.1) is 0 Å². The molecule has 4 aromatic carbocycles. The maximum absolute atomic E-state index is 12.2. The van der Waals surface area contributed by atoms with Crippen LogP contribution in [-0.2, 0) is 0 Å². The SMILES string of the molecule is O=C(Nc1ccc(Oc2cccc3ccccc23)cc1)c1ccccc1. The van der Waals surface area contributed by atoms with Gasteiger partial charge in [0.1, 0.15) is 11.5 Å². The highest BCUT2D eigenvalue weighted by Gasteiger charge is 2.06. The van der Waals surface area contributed by atoms with Crippen molar-refractivity contribution in [3.63, 3.8) is 0 Å². The second-order valence-electron chi connectivity index (χ2n) is 5.92. The zero-order valence-electron chi connectivity index (χ0n) is 14.1. The smallest absolute Gasteiger partial charge is 0.255 e. The number of hydrogen-bond acceptors (Lipinski definition) is 2. The molecule has 0 spiro atoms. The van der Waals surface area contributed by atoms with Crippen molar-refractivity contribution in [2.75, 3.05) is 5.32 Å². The number of benzene rings is 4. The first-order chi connectivity index (χ1) is 12.8. The van der Waals surface area contributed by atoms with Crippen LogP contribution < -0.4 is 10.1 Å². The van der Waals surface area contributed by atoms with Gasteiger partial charge in [0.2, 0.25) is 0 Å². The van der Waals surface area contributed by atoms with Gasteiger partial charge in [-0.2, -0.15) is 0 Å². The molecule has 0 saturated carbocycles. The molecule has 4 rings (SSSR count). The van der Waals surface area contributed by atoms with Crippen LogP contribution >= 0.6 is 0 Å². The van der Waals surface area contributed by atoms with Gasteiger partial charge in [0.15, 0.2) is 0 Å². The van der Waals surface area contributed by atoms with E-state index in [1.807, 2.05) is 72.8 Å². The number of ether oxygens (including phenoxy) is 1. The normalized spacial score (nSPS) is 10.5. The largest absolute Gasteiger partial charge is 0.457 e. The predicted octanol–water partition coefficient (Wildman–Crippen LogP) is 5.88. The standard InChI is InChI=1S/C23H17NO2/c25-23(18-8-2-1-3-9-18)24-19-13-15-20(16-14-19)26-22-12-6-10-17-7-4-5-11-21(17)22/h1-16H,(H,24,25). The first kappa shape index (κ1) is 15.9. The lowest BCUT2D eigenvalue weighted by Crippen LogP contribution is -2.11. The first-order valence-corrected chi connectivity index (χ1v) is 8.42. The van der Waals surface area contributed by atoms with Crippen molar-refractivity contribution in [2.45, 2.75) is 0 Å². The van der Waals surface area contributed by atoms with Crippen LogP contribution in [-0.4, -0.2) is 5.91 Å². The fourth-order valence-corrected chi connectivity index (χ4v) is 2.81. The highest BCUT2D eigenvalue weighted by atomic mass is 16.5. The molecule has 0 heterocycles. The zero-order valence-corrected chi connectivity index (χ0v) is 14.1. The number of amides is 1.